The second kappa shape index (κ2) is 5.89. The van der Waals surface area contributed by atoms with E-state index in [1.807, 2.05) is 20.8 Å². The van der Waals surface area contributed by atoms with Crippen molar-refractivity contribution in [2.45, 2.75) is 31.3 Å². The van der Waals surface area contributed by atoms with Gasteiger partial charge in [0.05, 0.1) is 10.6 Å². The summed E-state index contributed by atoms with van der Waals surface area (Å²) in [6.07, 6.45) is 0. The Hall–Kier alpha value is -0.520. The van der Waals surface area contributed by atoms with Gasteiger partial charge in [0, 0.05) is 0 Å². The van der Waals surface area contributed by atoms with E-state index in [1.165, 1.54) is 11.8 Å². The van der Waals surface area contributed by atoms with Gasteiger partial charge in [-0.1, -0.05) is 23.2 Å². The van der Waals surface area contributed by atoms with Crippen LogP contribution in [0.4, 0.5) is 0 Å². The van der Waals surface area contributed by atoms with Crippen molar-refractivity contribution in [2.24, 2.45) is 0 Å². The zero-order chi connectivity index (χ0) is 13.1. The number of hydrogen-bond acceptors (Lipinski definition) is 5. The minimum atomic E-state index is -0.490. The Balaban J connectivity index is 2.56. The first-order chi connectivity index (χ1) is 7.78. The molecule has 1 aromatic rings. The molecule has 0 N–H and O–H groups in total. The average molecular weight is 295 g/mol. The van der Waals surface area contributed by atoms with Crippen LogP contribution in [0.15, 0.2) is 11.0 Å². The minimum absolute atomic E-state index is 0.152. The fraction of sp³-hybridized carbons (Fsp3) is 0.500. The van der Waals surface area contributed by atoms with Gasteiger partial charge in [-0.2, -0.15) is 0 Å². The number of carbonyl (C=O) groups is 1. The molecular weight excluding hydrogens is 283 g/mol. The van der Waals surface area contributed by atoms with Gasteiger partial charge in [-0.15, -0.1) is 22.0 Å². The quantitative estimate of drug-likeness (QED) is 0.633. The molecule has 0 radical (unpaired) electrons. The standard InChI is InChI=1S/C10H12Cl2N2O2S/c1-10(2,3)16-8(15)5-17-6-4-7(11)13-14-9(6)12/h4H,5H2,1-3H3. The summed E-state index contributed by atoms with van der Waals surface area (Å²) in [4.78, 5) is 12.1. The number of nitrogens with zero attached hydrogens (tertiary/aromatic N) is 2. The first-order valence-corrected chi connectivity index (χ1v) is 6.55. The lowest BCUT2D eigenvalue weighted by Gasteiger charge is -2.19. The SMILES string of the molecule is CC(C)(C)OC(=O)CSc1cc(Cl)nnc1Cl. The maximum atomic E-state index is 11.5. The molecule has 0 aliphatic carbocycles. The molecule has 0 aromatic carbocycles. The van der Waals surface area contributed by atoms with E-state index in [4.69, 9.17) is 27.9 Å². The molecule has 0 amide bonds. The predicted molar refractivity (Wildman–Crippen MR) is 68.6 cm³/mol. The third-order valence-corrected chi connectivity index (χ3v) is 3.03. The summed E-state index contributed by atoms with van der Waals surface area (Å²) in [6.45, 7) is 5.44. The van der Waals surface area contributed by atoms with Gasteiger partial charge in [-0.3, -0.25) is 4.79 Å². The second-order valence-corrected chi connectivity index (χ2v) is 5.96. The number of ether oxygens (including phenoxy) is 1. The van der Waals surface area contributed by atoms with E-state index in [0.717, 1.165) is 0 Å². The highest BCUT2D eigenvalue weighted by Crippen LogP contribution is 2.27. The molecule has 1 aromatic heterocycles. The summed E-state index contributed by atoms with van der Waals surface area (Å²) >= 11 is 12.7. The van der Waals surface area contributed by atoms with E-state index < -0.39 is 5.60 Å². The Kier molecular flexibility index (Phi) is 5.04. The van der Waals surface area contributed by atoms with Crippen molar-refractivity contribution in [2.75, 3.05) is 5.75 Å². The van der Waals surface area contributed by atoms with Gasteiger partial charge in [-0.05, 0) is 26.8 Å². The van der Waals surface area contributed by atoms with Crippen LogP contribution in [0, 0.1) is 0 Å². The molecule has 4 nitrogen and oxygen atoms in total. The first-order valence-electron chi connectivity index (χ1n) is 4.81. The van der Waals surface area contributed by atoms with Crippen LogP contribution in [0.1, 0.15) is 20.8 Å². The fourth-order valence-corrected chi connectivity index (χ4v) is 2.10. The highest BCUT2D eigenvalue weighted by molar-refractivity contribution is 8.00. The van der Waals surface area contributed by atoms with Gasteiger partial charge in [-0.25, -0.2) is 0 Å². The Morgan fingerprint density at radius 3 is 2.65 bits per heavy atom. The molecule has 94 valence electrons. The molecule has 0 fully saturated rings. The molecule has 0 aliphatic rings. The van der Waals surface area contributed by atoms with E-state index in [-0.39, 0.29) is 22.0 Å². The Morgan fingerprint density at radius 2 is 2.06 bits per heavy atom. The van der Waals surface area contributed by atoms with Crippen molar-refractivity contribution in [1.29, 1.82) is 0 Å². The van der Waals surface area contributed by atoms with Crippen molar-refractivity contribution >= 4 is 40.9 Å². The molecule has 0 unspecified atom stereocenters. The van der Waals surface area contributed by atoms with Crippen molar-refractivity contribution in [3.05, 3.63) is 16.4 Å². The van der Waals surface area contributed by atoms with Crippen molar-refractivity contribution in [1.82, 2.24) is 10.2 Å². The van der Waals surface area contributed by atoms with Crippen LogP contribution in [0.2, 0.25) is 10.3 Å². The van der Waals surface area contributed by atoms with Crippen LogP contribution in [0.25, 0.3) is 0 Å². The van der Waals surface area contributed by atoms with Crippen molar-refractivity contribution in [3.8, 4) is 0 Å². The Labute approximate surface area is 114 Å². The third-order valence-electron chi connectivity index (χ3n) is 1.45. The van der Waals surface area contributed by atoms with E-state index in [9.17, 15) is 4.79 Å². The van der Waals surface area contributed by atoms with Crippen molar-refractivity contribution < 1.29 is 9.53 Å². The normalized spacial score (nSPS) is 11.4. The van der Waals surface area contributed by atoms with Crippen molar-refractivity contribution in [3.63, 3.8) is 0 Å². The zero-order valence-electron chi connectivity index (χ0n) is 9.66. The summed E-state index contributed by atoms with van der Waals surface area (Å²) in [5.74, 6) is -0.162. The maximum absolute atomic E-state index is 11.5. The van der Waals surface area contributed by atoms with Crippen LogP contribution in [-0.4, -0.2) is 27.5 Å². The maximum Gasteiger partial charge on any atom is 0.316 e. The van der Waals surface area contributed by atoms with Gasteiger partial charge < -0.3 is 4.74 Å². The number of halogens is 2. The molecule has 0 spiro atoms. The highest BCUT2D eigenvalue weighted by Gasteiger charge is 2.17. The lowest BCUT2D eigenvalue weighted by Crippen LogP contribution is -2.24. The molecule has 1 heterocycles. The van der Waals surface area contributed by atoms with Gasteiger partial charge in [0.15, 0.2) is 10.3 Å². The molecule has 0 bridgehead atoms. The Bertz CT molecular complexity index is 421. The average Bonchev–Trinajstić information content (AvgIpc) is 2.17. The number of hydrogen-bond donors (Lipinski definition) is 0. The van der Waals surface area contributed by atoms with Gasteiger partial charge >= 0.3 is 5.97 Å². The summed E-state index contributed by atoms with van der Waals surface area (Å²) in [6, 6.07) is 1.56. The lowest BCUT2D eigenvalue weighted by atomic mass is 10.2. The van der Waals surface area contributed by atoms with Crippen LogP contribution in [0.5, 0.6) is 0 Å². The fourth-order valence-electron chi connectivity index (χ4n) is 0.946. The number of thioether (sulfide) groups is 1. The summed E-state index contributed by atoms with van der Waals surface area (Å²) in [7, 11) is 0. The zero-order valence-corrected chi connectivity index (χ0v) is 12.0. The predicted octanol–water partition coefficient (Wildman–Crippen LogP) is 3.22. The summed E-state index contributed by atoms with van der Waals surface area (Å²) < 4.78 is 5.16. The second-order valence-electron chi connectivity index (χ2n) is 4.20. The van der Waals surface area contributed by atoms with Gasteiger partial charge in [0.25, 0.3) is 0 Å². The third kappa shape index (κ3) is 5.57. The summed E-state index contributed by atoms with van der Waals surface area (Å²) in [5.41, 5.74) is -0.490. The Morgan fingerprint density at radius 1 is 1.41 bits per heavy atom. The van der Waals surface area contributed by atoms with Crippen LogP contribution < -0.4 is 0 Å². The van der Waals surface area contributed by atoms with E-state index in [1.54, 1.807) is 6.07 Å². The van der Waals surface area contributed by atoms with Crippen LogP contribution in [-0.2, 0) is 9.53 Å². The number of carbonyl (C=O) groups excluding carboxylic acids is 1. The molecule has 7 heteroatoms. The monoisotopic (exact) mass is 294 g/mol. The lowest BCUT2D eigenvalue weighted by molar-refractivity contribution is -0.151. The smallest absolute Gasteiger partial charge is 0.316 e. The van der Waals surface area contributed by atoms with Crippen LogP contribution in [0.3, 0.4) is 0 Å². The molecular formula is C10H12Cl2N2O2S. The molecule has 0 atom stereocenters. The molecule has 0 aliphatic heterocycles. The minimum Gasteiger partial charge on any atom is -0.459 e. The topological polar surface area (TPSA) is 52.1 Å². The van der Waals surface area contributed by atoms with Gasteiger partial charge in [0.2, 0.25) is 0 Å². The van der Waals surface area contributed by atoms with E-state index in [0.29, 0.717) is 4.90 Å². The highest BCUT2D eigenvalue weighted by atomic mass is 35.5. The first kappa shape index (κ1) is 14.5. The number of aromatic nitrogens is 2. The summed E-state index contributed by atoms with van der Waals surface area (Å²) in [5, 5.41) is 7.68. The molecule has 0 saturated heterocycles. The van der Waals surface area contributed by atoms with Crippen LogP contribution >= 0.6 is 35.0 Å². The molecule has 0 saturated carbocycles. The van der Waals surface area contributed by atoms with Gasteiger partial charge in [0.1, 0.15) is 5.60 Å². The molecule has 17 heavy (non-hydrogen) atoms. The van der Waals surface area contributed by atoms with E-state index in [2.05, 4.69) is 10.2 Å². The number of rotatable bonds is 3. The largest absolute Gasteiger partial charge is 0.459 e. The number of esters is 1. The van der Waals surface area contributed by atoms with E-state index >= 15 is 0 Å². The molecule has 1 rings (SSSR count).